The molecule has 0 aliphatic rings. The Morgan fingerprint density at radius 3 is 1.95 bits per heavy atom. The van der Waals surface area contributed by atoms with Gasteiger partial charge in [0.2, 0.25) is 23.6 Å². The fourth-order valence-electron chi connectivity index (χ4n) is 3.08. The molecule has 0 heterocycles. The zero-order chi connectivity index (χ0) is 28.7. The van der Waals surface area contributed by atoms with Gasteiger partial charge in [0.25, 0.3) is 0 Å². The number of nitrogens with one attached hydrogen (secondary N) is 3. The van der Waals surface area contributed by atoms with Crippen LogP contribution in [0.15, 0.2) is 4.99 Å². The van der Waals surface area contributed by atoms with Gasteiger partial charge in [0.05, 0.1) is 12.5 Å². The molecule has 0 fully saturated rings. The Kier molecular flexibility index (Phi) is 14.9. The van der Waals surface area contributed by atoms with Gasteiger partial charge in [-0.1, -0.05) is 20.3 Å². The van der Waals surface area contributed by atoms with Gasteiger partial charge >= 0.3 is 11.9 Å². The predicted molar refractivity (Wildman–Crippen MR) is 131 cm³/mol. The molecule has 0 bridgehead atoms. The SMILES string of the molecule is CCC(C)C(NC(=O)C(N)CCCN=C(N)N)C(=O)NC(CCC(N)=O)C(=O)NC(CC(=O)O)C(=O)O. The molecule has 0 rings (SSSR count). The lowest BCUT2D eigenvalue weighted by Crippen LogP contribution is -2.58. The van der Waals surface area contributed by atoms with Crippen LogP contribution in [-0.4, -0.2) is 82.5 Å². The van der Waals surface area contributed by atoms with Crippen molar-refractivity contribution in [2.45, 2.75) is 76.5 Å². The minimum Gasteiger partial charge on any atom is -0.481 e. The highest BCUT2D eigenvalue weighted by Crippen LogP contribution is 2.11. The van der Waals surface area contributed by atoms with Crippen LogP contribution in [0.5, 0.6) is 0 Å². The highest BCUT2D eigenvalue weighted by Gasteiger charge is 2.33. The van der Waals surface area contributed by atoms with Gasteiger partial charge in [0.15, 0.2) is 5.96 Å². The zero-order valence-corrected chi connectivity index (χ0v) is 20.9. The summed E-state index contributed by atoms with van der Waals surface area (Å²) < 4.78 is 0. The van der Waals surface area contributed by atoms with Crippen molar-refractivity contribution in [3.63, 3.8) is 0 Å². The lowest BCUT2D eigenvalue weighted by molar-refractivity contribution is -0.147. The number of amides is 4. The van der Waals surface area contributed by atoms with Gasteiger partial charge in [-0.05, 0) is 25.2 Å². The number of aliphatic imine (C=N–C) groups is 1. The maximum atomic E-state index is 13.1. The van der Waals surface area contributed by atoms with E-state index in [-0.39, 0.29) is 31.8 Å². The maximum absolute atomic E-state index is 13.1. The first-order chi connectivity index (χ1) is 17.2. The van der Waals surface area contributed by atoms with Crippen LogP contribution in [0.25, 0.3) is 0 Å². The molecule has 13 N–H and O–H groups in total. The second-order valence-electron chi connectivity index (χ2n) is 8.49. The Bertz CT molecular complexity index is 861. The number of nitrogens with zero attached hydrogens (tertiary/aromatic N) is 1. The second-order valence-corrected chi connectivity index (χ2v) is 8.49. The Morgan fingerprint density at radius 1 is 0.865 bits per heavy atom. The van der Waals surface area contributed by atoms with E-state index in [0.717, 1.165) is 0 Å². The fourth-order valence-corrected chi connectivity index (χ4v) is 3.08. The van der Waals surface area contributed by atoms with Gasteiger partial charge < -0.3 is 49.1 Å². The monoisotopic (exact) mass is 530 g/mol. The molecule has 0 aromatic rings. The quantitative estimate of drug-likeness (QED) is 0.0480. The summed E-state index contributed by atoms with van der Waals surface area (Å²) in [5, 5.41) is 25.0. The summed E-state index contributed by atoms with van der Waals surface area (Å²) in [6.45, 7) is 3.71. The second kappa shape index (κ2) is 16.7. The standard InChI is InChI=1S/C21H38N8O8/c1-3-10(2)16(29-17(33)11(22)5-4-8-26-21(24)25)19(35)27-12(6-7-14(23)30)18(34)28-13(20(36)37)9-15(31)32/h10-13,16H,3-9,22H2,1-2H3,(H2,23,30)(H,27,35)(H,28,34)(H,29,33)(H,31,32)(H,36,37)(H4,24,25,26). The number of guanidine groups is 1. The predicted octanol–water partition coefficient (Wildman–Crippen LogP) is -3.31. The van der Waals surface area contributed by atoms with Crippen molar-refractivity contribution in [2.75, 3.05) is 6.54 Å². The number of primary amides is 1. The molecule has 16 nitrogen and oxygen atoms in total. The van der Waals surface area contributed by atoms with Crippen molar-refractivity contribution in [1.29, 1.82) is 0 Å². The van der Waals surface area contributed by atoms with Gasteiger partial charge in [-0.25, -0.2) is 4.79 Å². The first kappa shape index (κ1) is 33.0. The number of hydrogen-bond donors (Lipinski definition) is 9. The van der Waals surface area contributed by atoms with Gasteiger partial charge in [-0.2, -0.15) is 0 Å². The number of carboxylic acids is 2. The third-order valence-corrected chi connectivity index (χ3v) is 5.40. The van der Waals surface area contributed by atoms with Gasteiger partial charge in [-0.15, -0.1) is 0 Å². The average Bonchev–Trinajstić information content (AvgIpc) is 2.80. The molecule has 37 heavy (non-hydrogen) atoms. The summed E-state index contributed by atoms with van der Waals surface area (Å²) in [6, 6.07) is -5.32. The van der Waals surface area contributed by atoms with Crippen LogP contribution >= 0.6 is 0 Å². The van der Waals surface area contributed by atoms with Gasteiger partial charge in [0.1, 0.15) is 18.1 Å². The van der Waals surface area contributed by atoms with Crippen molar-refractivity contribution >= 4 is 41.5 Å². The van der Waals surface area contributed by atoms with E-state index < -0.39 is 72.1 Å². The van der Waals surface area contributed by atoms with E-state index in [1.54, 1.807) is 13.8 Å². The molecule has 0 aromatic heterocycles. The Hall–Kier alpha value is -3.95. The van der Waals surface area contributed by atoms with Crippen LogP contribution in [0.1, 0.15) is 52.4 Å². The molecule has 0 radical (unpaired) electrons. The molecule has 0 saturated carbocycles. The molecule has 210 valence electrons. The van der Waals surface area contributed by atoms with E-state index in [1.165, 1.54) is 0 Å². The first-order valence-electron chi connectivity index (χ1n) is 11.6. The minimum atomic E-state index is -1.78. The van der Waals surface area contributed by atoms with Gasteiger partial charge in [-0.3, -0.25) is 29.0 Å². The van der Waals surface area contributed by atoms with Crippen molar-refractivity contribution in [2.24, 2.45) is 33.8 Å². The van der Waals surface area contributed by atoms with Gasteiger partial charge in [0, 0.05) is 13.0 Å². The Balaban J connectivity index is 5.54. The number of hydrogen-bond acceptors (Lipinski definition) is 8. The van der Waals surface area contributed by atoms with Crippen LogP contribution in [0.4, 0.5) is 0 Å². The molecular formula is C21H38N8O8. The van der Waals surface area contributed by atoms with Crippen LogP contribution in [-0.2, 0) is 28.8 Å². The molecule has 0 aliphatic carbocycles. The average molecular weight is 531 g/mol. The number of nitrogens with two attached hydrogens (primary N) is 4. The summed E-state index contributed by atoms with van der Waals surface area (Å²) in [5.74, 6) is -6.81. The molecule has 16 heteroatoms. The van der Waals surface area contributed by atoms with E-state index in [9.17, 15) is 33.9 Å². The number of carbonyl (C=O) groups is 6. The van der Waals surface area contributed by atoms with Crippen LogP contribution in [0.3, 0.4) is 0 Å². The highest BCUT2D eigenvalue weighted by atomic mass is 16.4. The van der Waals surface area contributed by atoms with Crippen LogP contribution < -0.4 is 38.9 Å². The topological polar surface area (TPSA) is 295 Å². The van der Waals surface area contributed by atoms with Crippen molar-refractivity contribution in [1.82, 2.24) is 16.0 Å². The molecule has 5 atom stereocenters. The van der Waals surface area contributed by atoms with E-state index in [4.69, 9.17) is 28.0 Å². The van der Waals surface area contributed by atoms with Crippen molar-refractivity contribution in [3.8, 4) is 0 Å². The van der Waals surface area contributed by atoms with Crippen molar-refractivity contribution in [3.05, 3.63) is 0 Å². The number of carbonyl (C=O) groups excluding carboxylic acids is 4. The number of rotatable bonds is 18. The summed E-state index contributed by atoms with van der Waals surface area (Å²) in [7, 11) is 0. The number of aliphatic carboxylic acids is 2. The molecule has 0 saturated heterocycles. The smallest absolute Gasteiger partial charge is 0.326 e. The van der Waals surface area contributed by atoms with E-state index >= 15 is 0 Å². The summed E-state index contributed by atoms with van der Waals surface area (Å²) >= 11 is 0. The fraction of sp³-hybridized carbons (Fsp3) is 0.667. The largest absolute Gasteiger partial charge is 0.481 e. The zero-order valence-electron chi connectivity index (χ0n) is 20.9. The Labute approximate surface area is 214 Å². The normalized spacial score (nSPS) is 14.7. The third kappa shape index (κ3) is 13.6. The minimum absolute atomic E-state index is 0.0981. The maximum Gasteiger partial charge on any atom is 0.326 e. The molecule has 5 unspecified atom stereocenters. The molecular weight excluding hydrogens is 492 g/mol. The molecule has 0 aliphatic heterocycles. The molecule has 0 aromatic carbocycles. The van der Waals surface area contributed by atoms with Crippen LogP contribution in [0, 0.1) is 5.92 Å². The molecule has 4 amide bonds. The first-order valence-corrected chi connectivity index (χ1v) is 11.6. The molecule has 0 spiro atoms. The summed E-state index contributed by atoms with van der Waals surface area (Å²) in [6.07, 6.45) is -0.460. The highest BCUT2D eigenvalue weighted by molar-refractivity contribution is 5.95. The number of carboxylic acid groups (broad SMARTS) is 2. The van der Waals surface area contributed by atoms with E-state index in [0.29, 0.717) is 12.8 Å². The third-order valence-electron chi connectivity index (χ3n) is 5.40. The summed E-state index contributed by atoms with van der Waals surface area (Å²) in [5.41, 5.74) is 21.5. The van der Waals surface area contributed by atoms with E-state index in [2.05, 4.69) is 15.6 Å². The summed E-state index contributed by atoms with van der Waals surface area (Å²) in [4.78, 5) is 75.7. The van der Waals surface area contributed by atoms with E-state index in [1.807, 2.05) is 5.32 Å². The Morgan fingerprint density at radius 2 is 1.46 bits per heavy atom. The lowest BCUT2D eigenvalue weighted by Gasteiger charge is -2.27. The van der Waals surface area contributed by atoms with Crippen LogP contribution in [0.2, 0.25) is 0 Å². The van der Waals surface area contributed by atoms with Crippen molar-refractivity contribution < 1.29 is 39.0 Å². The lowest BCUT2D eigenvalue weighted by atomic mass is 9.96.